The van der Waals surface area contributed by atoms with Crippen molar-refractivity contribution in [3.05, 3.63) is 45.4 Å². The number of likely N-dealkylation sites (tertiary alicyclic amines) is 1. The van der Waals surface area contributed by atoms with Gasteiger partial charge in [0.15, 0.2) is 0 Å². The van der Waals surface area contributed by atoms with Crippen molar-refractivity contribution in [3.63, 3.8) is 0 Å². The number of hydrogen-bond donors (Lipinski definition) is 0. The summed E-state index contributed by atoms with van der Waals surface area (Å²) in [5, 5.41) is 0.934. The Morgan fingerprint density at radius 1 is 1.26 bits per heavy atom. The lowest BCUT2D eigenvalue weighted by molar-refractivity contribution is 0.0598. The third kappa shape index (κ3) is 4.17. The van der Waals surface area contributed by atoms with Crippen LogP contribution in [0.2, 0.25) is 0 Å². The zero-order chi connectivity index (χ0) is 18.8. The van der Waals surface area contributed by atoms with Gasteiger partial charge in [0.05, 0.1) is 6.20 Å². The van der Waals surface area contributed by atoms with Crippen molar-refractivity contribution >= 4 is 17.2 Å². The van der Waals surface area contributed by atoms with Crippen molar-refractivity contribution in [3.8, 4) is 5.75 Å². The van der Waals surface area contributed by atoms with Crippen LogP contribution in [-0.4, -0.2) is 41.6 Å². The van der Waals surface area contributed by atoms with Gasteiger partial charge in [0, 0.05) is 32.5 Å². The number of carbonyl (C=O) groups excluding carboxylic acids is 1. The molecule has 2 aliphatic rings. The van der Waals surface area contributed by atoms with Gasteiger partial charge in [0.1, 0.15) is 27.8 Å². The van der Waals surface area contributed by atoms with Gasteiger partial charge >= 0.3 is 0 Å². The third-order valence-corrected chi connectivity index (χ3v) is 6.38. The highest BCUT2D eigenvalue weighted by Crippen LogP contribution is 2.32. The van der Waals surface area contributed by atoms with E-state index in [0.717, 1.165) is 66.6 Å². The molecule has 1 aromatic heterocycles. The fourth-order valence-corrected chi connectivity index (χ4v) is 4.62. The van der Waals surface area contributed by atoms with E-state index >= 15 is 0 Å². The van der Waals surface area contributed by atoms with Crippen LogP contribution >= 0.6 is 11.3 Å². The van der Waals surface area contributed by atoms with E-state index in [1.54, 1.807) is 6.20 Å². The molecule has 27 heavy (non-hydrogen) atoms. The molecule has 0 N–H and O–H groups in total. The van der Waals surface area contributed by atoms with Gasteiger partial charge in [-0.1, -0.05) is 12.1 Å². The maximum Gasteiger partial charge on any atom is 0.265 e. The average Bonchev–Trinajstić information content (AvgIpc) is 3.36. The first-order valence-corrected chi connectivity index (χ1v) is 10.5. The number of aromatic nitrogens is 1. The minimum Gasteiger partial charge on any atom is -0.490 e. The summed E-state index contributed by atoms with van der Waals surface area (Å²) in [4.78, 5) is 19.9. The van der Waals surface area contributed by atoms with E-state index in [1.807, 2.05) is 4.90 Å². The van der Waals surface area contributed by atoms with Gasteiger partial charge in [-0.25, -0.2) is 4.98 Å². The van der Waals surface area contributed by atoms with E-state index in [4.69, 9.17) is 9.47 Å². The fourth-order valence-electron chi connectivity index (χ4n) is 3.65. The monoisotopic (exact) mass is 386 g/mol. The van der Waals surface area contributed by atoms with Crippen LogP contribution in [0, 0.1) is 13.8 Å². The maximum atomic E-state index is 12.8. The quantitative estimate of drug-likeness (QED) is 0.786. The molecular formula is C21H26N2O3S. The number of ether oxygens (including phenoxy) is 2. The second-order valence-corrected chi connectivity index (χ2v) is 8.50. The first kappa shape index (κ1) is 18.4. The summed E-state index contributed by atoms with van der Waals surface area (Å²) in [6.45, 7) is 6.39. The summed E-state index contributed by atoms with van der Waals surface area (Å²) in [7, 11) is 0. The van der Waals surface area contributed by atoms with Crippen molar-refractivity contribution in [2.45, 2.75) is 51.7 Å². The normalized spacial score (nSPS) is 20.8. The zero-order valence-corrected chi connectivity index (χ0v) is 16.8. The number of thiazole rings is 1. The van der Waals surface area contributed by atoms with Crippen LogP contribution in [0.3, 0.4) is 0 Å². The topological polar surface area (TPSA) is 51.7 Å². The van der Waals surface area contributed by atoms with Gasteiger partial charge in [0.2, 0.25) is 0 Å². The van der Waals surface area contributed by atoms with Crippen molar-refractivity contribution in [2.75, 3.05) is 19.7 Å². The van der Waals surface area contributed by atoms with Gasteiger partial charge in [-0.15, -0.1) is 11.3 Å². The molecule has 6 heteroatoms. The molecule has 2 aliphatic heterocycles. The van der Waals surface area contributed by atoms with E-state index < -0.39 is 0 Å². The summed E-state index contributed by atoms with van der Waals surface area (Å²) in [5.74, 6) is 1.05. The second-order valence-electron chi connectivity index (χ2n) is 7.44. The molecule has 0 radical (unpaired) electrons. The van der Waals surface area contributed by atoms with Crippen molar-refractivity contribution in [1.29, 1.82) is 0 Å². The lowest BCUT2D eigenvalue weighted by Crippen LogP contribution is -2.41. The van der Waals surface area contributed by atoms with Crippen molar-refractivity contribution < 1.29 is 14.3 Å². The lowest BCUT2D eigenvalue weighted by atomic mass is 10.1. The molecule has 1 atom stereocenters. The van der Waals surface area contributed by atoms with E-state index in [2.05, 4.69) is 37.0 Å². The van der Waals surface area contributed by atoms with Gasteiger partial charge in [-0.05, 0) is 43.9 Å². The highest BCUT2D eigenvalue weighted by atomic mass is 32.1. The summed E-state index contributed by atoms with van der Waals surface area (Å²) < 4.78 is 11.9. The minimum absolute atomic E-state index is 0.0771. The number of hydrogen-bond acceptors (Lipinski definition) is 5. The molecule has 2 saturated heterocycles. The summed E-state index contributed by atoms with van der Waals surface area (Å²) >= 11 is 1.48. The van der Waals surface area contributed by atoms with E-state index in [0.29, 0.717) is 0 Å². The molecule has 1 amide bonds. The number of nitrogens with zero attached hydrogens (tertiary/aromatic N) is 2. The summed E-state index contributed by atoms with van der Waals surface area (Å²) in [6, 6.07) is 6.29. The first-order valence-electron chi connectivity index (χ1n) is 9.70. The Bertz CT molecular complexity index is 806. The molecule has 2 aromatic rings. The number of aryl methyl sites for hydroxylation is 2. The minimum atomic E-state index is 0.0771. The molecule has 5 nitrogen and oxygen atoms in total. The van der Waals surface area contributed by atoms with Crippen LogP contribution in [0.4, 0.5) is 0 Å². The molecule has 2 fully saturated rings. The second kappa shape index (κ2) is 7.98. The standard InChI is InChI=1S/C21H26N2O3S/c1-14-5-6-15(2)18(12-14)26-16-7-9-23(10-8-16)21(24)19-13-22-20(27-19)17-4-3-11-25-17/h5-6,12-13,16-17H,3-4,7-11H2,1-2H3. The third-order valence-electron chi connectivity index (χ3n) is 5.31. The highest BCUT2D eigenvalue weighted by Gasteiger charge is 2.28. The molecule has 0 aliphatic carbocycles. The molecule has 0 saturated carbocycles. The van der Waals surface area contributed by atoms with Crippen molar-refractivity contribution in [1.82, 2.24) is 9.88 Å². The van der Waals surface area contributed by atoms with Gasteiger partial charge in [-0.3, -0.25) is 4.79 Å². The molecule has 0 spiro atoms. The average molecular weight is 387 g/mol. The molecule has 0 bridgehead atoms. The Hall–Kier alpha value is -1.92. The van der Waals surface area contributed by atoms with Crippen LogP contribution in [0.25, 0.3) is 0 Å². The van der Waals surface area contributed by atoms with E-state index in [-0.39, 0.29) is 18.1 Å². The maximum absolute atomic E-state index is 12.8. The van der Waals surface area contributed by atoms with Gasteiger partial charge in [0.25, 0.3) is 5.91 Å². The molecule has 1 aromatic carbocycles. The Labute approximate surface area is 164 Å². The van der Waals surface area contributed by atoms with E-state index in [9.17, 15) is 4.79 Å². The smallest absolute Gasteiger partial charge is 0.265 e. The molecule has 144 valence electrons. The molecule has 1 unspecified atom stereocenters. The molecular weight excluding hydrogens is 360 g/mol. The van der Waals surface area contributed by atoms with Gasteiger partial charge < -0.3 is 14.4 Å². The van der Waals surface area contributed by atoms with Crippen LogP contribution in [0.5, 0.6) is 5.75 Å². The van der Waals surface area contributed by atoms with E-state index in [1.165, 1.54) is 16.9 Å². The summed E-state index contributed by atoms with van der Waals surface area (Å²) in [5.41, 5.74) is 2.36. The number of carbonyl (C=O) groups is 1. The SMILES string of the molecule is Cc1ccc(C)c(OC2CCN(C(=O)c3cnc(C4CCCO4)s3)CC2)c1. The predicted molar refractivity (Wildman–Crippen MR) is 106 cm³/mol. The summed E-state index contributed by atoms with van der Waals surface area (Å²) in [6.07, 6.45) is 5.74. The Morgan fingerprint density at radius 2 is 2.07 bits per heavy atom. The van der Waals surface area contributed by atoms with Gasteiger partial charge in [-0.2, -0.15) is 0 Å². The molecule has 4 rings (SSSR count). The van der Waals surface area contributed by atoms with Crippen molar-refractivity contribution in [2.24, 2.45) is 0 Å². The Balaban J connectivity index is 1.33. The van der Waals surface area contributed by atoms with Crippen LogP contribution in [0.1, 0.15) is 57.6 Å². The number of benzene rings is 1. The Morgan fingerprint density at radius 3 is 2.81 bits per heavy atom. The fraction of sp³-hybridized carbons (Fsp3) is 0.524. The van der Waals surface area contributed by atoms with Crippen LogP contribution in [-0.2, 0) is 4.74 Å². The van der Waals surface area contributed by atoms with Crippen LogP contribution < -0.4 is 4.74 Å². The van der Waals surface area contributed by atoms with Crippen LogP contribution in [0.15, 0.2) is 24.4 Å². The molecule has 3 heterocycles. The number of rotatable bonds is 4. The predicted octanol–water partition coefficient (Wildman–Crippen LogP) is 4.30. The number of piperidine rings is 1. The highest BCUT2D eigenvalue weighted by molar-refractivity contribution is 7.13. The number of amides is 1. The first-order chi connectivity index (χ1) is 13.1. The lowest BCUT2D eigenvalue weighted by Gasteiger charge is -2.32. The zero-order valence-electron chi connectivity index (χ0n) is 15.9. The largest absolute Gasteiger partial charge is 0.490 e. The Kier molecular flexibility index (Phi) is 5.45.